The van der Waals surface area contributed by atoms with Crippen molar-refractivity contribution in [1.29, 1.82) is 0 Å². The van der Waals surface area contributed by atoms with Crippen molar-refractivity contribution in [2.45, 2.75) is 38.1 Å². The standard InChI is InChI=1S/C17H25N7O/c1-21-15(13-24-11-5-7-18-24)19-20-16(21)14-6-4-10-23(12-14)17(25)22-8-2-3-9-22/h5,7,11,14H,2-4,6,8-10,12-13H2,1H3. The molecule has 25 heavy (non-hydrogen) atoms. The topological polar surface area (TPSA) is 72.1 Å². The van der Waals surface area contributed by atoms with Crippen LogP contribution in [0.25, 0.3) is 0 Å². The fraction of sp³-hybridized carbons (Fsp3) is 0.647. The number of piperidine rings is 1. The van der Waals surface area contributed by atoms with Crippen LogP contribution in [0.15, 0.2) is 18.5 Å². The molecule has 0 N–H and O–H groups in total. The molecule has 2 aliphatic heterocycles. The van der Waals surface area contributed by atoms with E-state index >= 15 is 0 Å². The van der Waals surface area contributed by atoms with E-state index < -0.39 is 0 Å². The number of carbonyl (C=O) groups excluding carboxylic acids is 1. The normalized spacial score (nSPS) is 21.1. The third kappa shape index (κ3) is 3.25. The van der Waals surface area contributed by atoms with Gasteiger partial charge in [-0.05, 0) is 31.7 Å². The second-order valence-electron chi connectivity index (χ2n) is 7.00. The molecule has 0 aliphatic carbocycles. The fourth-order valence-electron chi connectivity index (χ4n) is 3.88. The van der Waals surface area contributed by atoms with Crippen molar-refractivity contribution in [2.24, 2.45) is 7.05 Å². The summed E-state index contributed by atoms with van der Waals surface area (Å²) in [5.74, 6) is 2.12. The highest BCUT2D eigenvalue weighted by Crippen LogP contribution is 2.27. The zero-order valence-corrected chi connectivity index (χ0v) is 14.7. The van der Waals surface area contributed by atoms with E-state index in [1.165, 1.54) is 0 Å². The monoisotopic (exact) mass is 343 g/mol. The highest BCUT2D eigenvalue weighted by atomic mass is 16.2. The lowest BCUT2D eigenvalue weighted by Gasteiger charge is -2.34. The van der Waals surface area contributed by atoms with E-state index in [0.717, 1.165) is 63.5 Å². The van der Waals surface area contributed by atoms with Crippen molar-refractivity contribution in [3.8, 4) is 0 Å². The number of amides is 2. The fourth-order valence-corrected chi connectivity index (χ4v) is 3.88. The van der Waals surface area contributed by atoms with Gasteiger partial charge in [0.25, 0.3) is 0 Å². The summed E-state index contributed by atoms with van der Waals surface area (Å²) in [6.07, 6.45) is 8.01. The highest BCUT2D eigenvalue weighted by molar-refractivity contribution is 5.74. The van der Waals surface area contributed by atoms with Crippen LogP contribution in [-0.2, 0) is 13.6 Å². The number of carbonyl (C=O) groups is 1. The Hall–Kier alpha value is -2.38. The predicted molar refractivity (Wildman–Crippen MR) is 92.1 cm³/mol. The summed E-state index contributed by atoms with van der Waals surface area (Å²) in [4.78, 5) is 16.7. The Morgan fingerprint density at radius 1 is 1.16 bits per heavy atom. The van der Waals surface area contributed by atoms with Gasteiger partial charge in [-0.2, -0.15) is 5.10 Å². The first-order valence-corrected chi connectivity index (χ1v) is 9.12. The van der Waals surface area contributed by atoms with Crippen LogP contribution >= 0.6 is 0 Å². The highest BCUT2D eigenvalue weighted by Gasteiger charge is 2.31. The maximum absolute atomic E-state index is 12.7. The van der Waals surface area contributed by atoms with Crippen molar-refractivity contribution in [1.82, 2.24) is 34.3 Å². The van der Waals surface area contributed by atoms with Gasteiger partial charge in [0.1, 0.15) is 12.4 Å². The molecule has 2 aliphatic rings. The first-order valence-electron chi connectivity index (χ1n) is 9.12. The number of rotatable bonds is 3. The van der Waals surface area contributed by atoms with E-state index in [0.29, 0.717) is 6.54 Å². The Morgan fingerprint density at radius 3 is 2.72 bits per heavy atom. The molecule has 0 saturated carbocycles. The van der Waals surface area contributed by atoms with Gasteiger partial charge in [0.2, 0.25) is 0 Å². The first kappa shape index (κ1) is 16.1. The Labute approximate surface area is 147 Å². The number of hydrogen-bond donors (Lipinski definition) is 0. The van der Waals surface area contributed by atoms with Crippen molar-refractivity contribution >= 4 is 6.03 Å². The molecule has 2 fully saturated rings. The summed E-state index contributed by atoms with van der Waals surface area (Å²) in [6.45, 7) is 4.00. The minimum absolute atomic E-state index is 0.195. The summed E-state index contributed by atoms with van der Waals surface area (Å²) < 4.78 is 3.91. The van der Waals surface area contributed by atoms with Crippen LogP contribution < -0.4 is 0 Å². The molecule has 1 unspecified atom stereocenters. The molecule has 8 nitrogen and oxygen atoms in total. The molecule has 8 heteroatoms. The Balaban J connectivity index is 1.46. The molecular weight excluding hydrogens is 318 g/mol. The molecule has 4 rings (SSSR count). The number of hydrogen-bond acceptors (Lipinski definition) is 4. The average Bonchev–Trinajstić information content (AvgIpc) is 3.38. The quantitative estimate of drug-likeness (QED) is 0.846. The van der Waals surface area contributed by atoms with Crippen molar-refractivity contribution < 1.29 is 4.79 Å². The number of urea groups is 1. The Bertz CT molecular complexity index is 717. The molecule has 0 aromatic carbocycles. The maximum Gasteiger partial charge on any atom is 0.320 e. The lowest BCUT2D eigenvalue weighted by Crippen LogP contribution is -2.46. The SMILES string of the molecule is Cn1c(Cn2cccn2)nnc1C1CCCN(C(=O)N2CCCC2)C1. The van der Waals surface area contributed by atoms with Crippen LogP contribution in [0.2, 0.25) is 0 Å². The third-order valence-corrected chi connectivity index (χ3v) is 5.29. The lowest BCUT2D eigenvalue weighted by molar-refractivity contribution is 0.145. The maximum atomic E-state index is 12.7. The number of aromatic nitrogens is 5. The zero-order chi connectivity index (χ0) is 17.2. The molecule has 4 heterocycles. The van der Waals surface area contributed by atoms with Crippen LogP contribution in [0.3, 0.4) is 0 Å². The predicted octanol–water partition coefficient (Wildman–Crippen LogP) is 1.46. The van der Waals surface area contributed by atoms with Gasteiger partial charge in [-0.25, -0.2) is 4.79 Å². The van der Waals surface area contributed by atoms with Gasteiger partial charge in [-0.15, -0.1) is 10.2 Å². The molecule has 134 valence electrons. The van der Waals surface area contributed by atoms with Crippen LogP contribution in [0.1, 0.15) is 43.3 Å². The number of nitrogens with zero attached hydrogens (tertiary/aromatic N) is 7. The molecule has 0 radical (unpaired) electrons. The smallest absolute Gasteiger partial charge is 0.320 e. The zero-order valence-electron chi connectivity index (χ0n) is 14.7. The number of likely N-dealkylation sites (tertiary alicyclic amines) is 2. The van der Waals surface area contributed by atoms with Gasteiger partial charge in [0.05, 0.1) is 0 Å². The second kappa shape index (κ2) is 6.85. The van der Waals surface area contributed by atoms with Crippen molar-refractivity contribution in [3.63, 3.8) is 0 Å². The first-order chi connectivity index (χ1) is 12.2. The van der Waals surface area contributed by atoms with Crippen LogP contribution in [0, 0.1) is 0 Å². The minimum atomic E-state index is 0.195. The lowest BCUT2D eigenvalue weighted by atomic mass is 9.97. The summed E-state index contributed by atoms with van der Waals surface area (Å²) in [7, 11) is 2.01. The molecule has 1 atom stereocenters. The molecular formula is C17H25N7O. The summed E-state index contributed by atoms with van der Waals surface area (Å²) in [5.41, 5.74) is 0. The third-order valence-electron chi connectivity index (χ3n) is 5.29. The van der Waals surface area contributed by atoms with Gasteiger partial charge in [0, 0.05) is 51.5 Å². The van der Waals surface area contributed by atoms with Gasteiger partial charge >= 0.3 is 6.03 Å². The molecule has 2 amide bonds. The van der Waals surface area contributed by atoms with E-state index in [2.05, 4.69) is 19.9 Å². The van der Waals surface area contributed by atoms with Crippen LogP contribution in [0.4, 0.5) is 4.79 Å². The molecule has 0 bridgehead atoms. The van der Waals surface area contributed by atoms with Crippen molar-refractivity contribution in [3.05, 3.63) is 30.1 Å². The van der Waals surface area contributed by atoms with Crippen molar-refractivity contribution in [2.75, 3.05) is 26.2 Å². The van der Waals surface area contributed by atoms with Gasteiger partial charge in [0.15, 0.2) is 5.82 Å². The molecule has 2 aromatic heterocycles. The second-order valence-corrected chi connectivity index (χ2v) is 7.00. The van der Waals surface area contributed by atoms with E-state index in [1.807, 2.05) is 33.8 Å². The largest absolute Gasteiger partial charge is 0.325 e. The van der Waals surface area contributed by atoms with E-state index in [-0.39, 0.29) is 11.9 Å². The van der Waals surface area contributed by atoms with E-state index in [9.17, 15) is 4.79 Å². The van der Waals surface area contributed by atoms with E-state index in [4.69, 9.17) is 0 Å². The van der Waals surface area contributed by atoms with Gasteiger partial charge < -0.3 is 14.4 Å². The van der Waals surface area contributed by atoms with Gasteiger partial charge in [-0.3, -0.25) is 4.68 Å². The summed E-state index contributed by atoms with van der Waals surface area (Å²) in [6, 6.07) is 2.10. The van der Waals surface area contributed by atoms with Crippen LogP contribution in [0.5, 0.6) is 0 Å². The van der Waals surface area contributed by atoms with Gasteiger partial charge in [-0.1, -0.05) is 0 Å². The van der Waals surface area contributed by atoms with E-state index in [1.54, 1.807) is 6.20 Å². The Morgan fingerprint density at radius 2 is 1.96 bits per heavy atom. The average molecular weight is 343 g/mol. The summed E-state index contributed by atoms with van der Waals surface area (Å²) in [5, 5.41) is 13.0. The van der Waals surface area contributed by atoms with Crippen LogP contribution in [-0.4, -0.2) is 66.6 Å². The molecule has 2 aromatic rings. The summed E-state index contributed by atoms with van der Waals surface area (Å²) >= 11 is 0. The molecule has 2 saturated heterocycles. The Kier molecular flexibility index (Phi) is 4.42. The molecule has 0 spiro atoms. The minimum Gasteiger partial charge on any atom is -0.325 e.